The van der Waals surface area contributed by atoms with E-state index in [4.69, 9.17) is 0 Å². The van der Waals surface area contributed by atoms with Gasteiger partial charge in [-0.1, -0.05) is 13.3 Å². The number of rotatable bonds is 5. The van der Waals surface area contributed by atoms with Crippen molar-refractivity contribution in [3.63, 3.8) is 0 Å². The van der Waals surface area contributed by atoms with Crippen molar-refractivity contribution in [2.45, 2.75) is 38.8 Å². The molecule has 0 saturated carbocycles. The van der Waals surface area contributed by atoms with Crippen LogP contribution >= 0.6 is 27.3 Å². The number of hydrogen-bond acceptors (Lipinski definition) is 3. The van der Waals surface area contributed by atoms with Crippen LogP contribution in [0.5, 0.6) is 0 Å². The molecule has 1 aliphatic heterocycles. The van der Waals surface area contributed by atoms with Crippen molar-refractivity contribution in [1.29, 1.82) is 0 Å². The highest BCUT2D eigenvalue weighted by molar-refractivity contribution is 9.10. The van der Waals surface area contributed by atoms with Gasteiger partial charge in [-0.2, -0.15) is 0 Å². The Balaban J connectivity index is 1.68. The van der Waals surface area contributed by atoms with Crippen molar-refractivity contribution < 1.29 is 0 Å². The quantitative estimate of drug-likeness (QED) is 0.870. The summed E-state index contributed by atoms with van der Waals surface area (Å²) in [4.78, 5) is 1.40. The summed E-state index contributed by atoms with van der Waals surface area (Å²) in [6.45, 7) is 5.58. The molecule has 1 aromatic rings. The van der Waals surface area contributed by atoms with E-state index < -0.39 is 0 Å². The first kappa shape index (κ1) is 13.5. The normalized spacial score (nSPS) is 25.1. The molecule has 96 valence electrons. The Kier molecular flexibility index (Phi) is 5.48. The van der Waals surface area contributed by atoms with Crippen LogP contribution in [0.2, 0.25) is 0 Å². The zero-order chi connectivity index (χ0) is 12.1. The van der Waals surface area contributed by atoms with Crippen molar-refractivity contribution in [3.05, 3.63) is 20.8 Å². The highest BCUT2D eigenvalue weighted by Gasteiger charge is 2.19. The molecule has 2 heterocycles. The maximum Gasteiger partial charge on any atom is 0.0300 e. The Labute approximate surface area is 116 Å². The Hall–Kier alpha value is 0.1000. The maximum atomic E-state index is 3.61. The molecule has 2 unspecified atom stereocenters. The van der Waals surface area contributed by atoms with Gasteiger partial charge in [0.05, 0.1) is 0 Å². The van der Waals surface area contributed by atoms with Gasteiger partial charge in [-0.15, -0.1) is 11.3 Å². The second-order valence-corrected chi connectivity index (χ2v) is 6.72. The Morgan fingerprint density at radius 3 is 3.18 bits per heavy atom. The largest absolute Gasteiger partial charge is 0.313 e. The molecule has 2 N–H and O–H groups in total. The lowest BCUT2D eigenvalue weighted by Crippen LogP contribution is -2.44. The fraction of sp³-hybridized carbons (Fsp3) is 0.692. The molecule has 2 nitrogen and oxygen atoms in total. The van der Waals surface area contributed by atoms with E-state index in [1.54, 1.807) is 0 Å². The first-order valence-electron chi connectivity index (χ1n) is 6.45. The van der Waals surface area contributed by atoms with E-state index in [1.165, 1.54) is 35.2 Å². The first-order chi connectivity index (χ1) is 8.28. The van der Waals surface area contributed by atoms with E-state index in [1.807, 2.05) is 11.3 Å². The third-order valence-corrected chi connectivity index (χ3v) is 5.19. The summed E-state index contributed by atoms with van der Waals surface area (Å²) in [7, 11) is 0. The minimum Gasteiger partial charge on any atom is -0.313 e. The third-order valence-electron chi connectivity index (χ3n) is 3.49. The highest BCUT2D eigenvalue weighted by atomic mass is 79.9. The van der Waals surface area contributed by atoms with Crippen LogP contribution in [0.25, 0.3) is 0 Å². The van der Waals surface area contributed by atoms with E-state index in [0.717, 1.165) is 19.0 Å². The molecule has 0 aliphatic carbocycles. The van der Waals surface area contributed by atoms with Crippen LogP contribution in [0.1, 0.15) is 31.1 Å². The third kappa shape index (κ3) is 4.36. The van der Waals surface area contributed by atoms with Gasteiger partial charge in [-0.05, 0) is 47.3 Å². The Morgan fingerprint density at radius 1 is 1.59 bits per heavy atom. The molecule has 2 atom stereocenters. The van der Waals surface area contributed by atoms with Crippen molar-refractivity contribution in [2.75, 3.05) is 13.1 Å². The number of halogens is 1. The van der Waals surface area contributed by atoms with Crippen LogP contribution in [0.15, 0.2) is 15.9 Å². The zero-order valence-corrected chi connectivity index (χ0v) is 12.7. The minimum absolute atomic E-state index is 0.664. The molecule has 4 heteroatoms. The summed E-state index contributed by atoms with van der Waals surface area (Å²) in [5, 5.41) is 9.30. The van der Waals surface area contributed by atoms with Gasteiger partial charge in [0.1, 0.15) is 0 Å². The summed E-state index contributed by atoms with van der Waals surface area (Å²) in [5.41, 5.74) is 0. The zero-order valence-electron chi connectivity index (χ0n) is 10.3. The van der Waals surface area contributed by atoms with Gasteiger partial charge in [0.25, 0.3) is 0 Å². The predicted octanol–water partition coefficient (Wildman–Crippen LogP) is 3.38. The van der Waals surface area contributed by atoms with Crippen molar-refractivity contribution in [3.8, 4) is 0 Å². The number of thiophene rings is 1. The van der Waals surface area contributed by atoms with Crippen LogP contribution in [-0.4, -0.2) is 19.1 Å². The van der Waals surface area contributed by atoms with E-state index in [9.17, 15) is 0 Å². The molecule has 0 aromatic carbocycles. The summed E-state index contributed by atoms with van der Waals surface area (Å²) in [5.74, 6) is 0.930. The molecular weight excluding hydrogens is 296 g/mol. The first-order valence-corrected chi connectivity index (χ1v) is 8.12. The molecule has 1 aliphatic rings. The van der Waals surface area contributed by atoms with Crippen molar-refractivity contribution in [1.82, 2.24) is 10.6 Å². The molecule has 17 heavy (non-hydrogen) atoms. The summed E-state index contributed by atoms with van der Waals surface area (Å²) < 4.78 is 1.20. The van der Waals surface area contributed by atoms with Gasteiger partial charge in [-0.25, -0.2) is 0 Å². The highest BCUT2D eigenvalue weighted by Crippen LogP contribution is 2.20. The molecular formula is C13H21BrN2S. The van der Waals surface area contributed by atoms with Crippen LogP contribution in [0.3, 0.4) is 0 Å². The topological polar surface area (TPSA) is 24.1 Å². The monoisotopic (exact) mass is 316 g/mol. The van der Waals surface area contributed by atoms with Gasteiger partial charge in [-0.3, -0.25) is 0 Å². The average molecular weight is 317 g/mol. The van der Waals surface area contributed by atoms with E-state index in [0.29, 0.717) is 6.04 Å². The summed E-state index contributed by atoms with van der Waals surface area (Å²) >= 11 is 5.30. The van der Waals surface area contributed by atoms with E-state index in [2.05, 4.69) is 44.9 Å². The lowest BCUT2D eigenvalue weighted by molar-refractivity contribution is 0.288. The predicted molar refractivity (Wildman–Crippen MR) is 78.5 cm³/mol. The fourth-order valence-corrected chi connectivity index (χ4v) is 3.86. The summed E-state index contributed by atoms with van der Waals surface area (Å²) in [6, 6.07) is 2.86. The molecule has 1 aromatic heterocycles. The molecule has 1 fully saturated rings. The Morgan fingerprint density at radius 2 is 2.47 bits per heavy atom. The Bertz CT molecular complexity index is 340. The van der Waals surface area contributed by atoms with Gasteiger partial charge < -0.3 is 10.6 Å². The molecule has 1 saturated heterocycles. The smallest absolute Gasteiger partial charge is 0.0300 e. The van der Waals surface area contributed by atoms with Crippen LogP contribution in [-0.2, 0) is 6.54 Å². The molecule has 2 rings (SSSR count). The molecule has 0 spiro atoms. The average Bonchev–Trinajstić information content (AvgIpc) is 2.75. The maximum absolute atomic E-state index is 3.61. The second kappa shape index (κ2) is 6.88. The minimum atomic E-state index is 0.664. The summed E-state index contributed by atoms with van der Waals surface area (Å²) in [6.07, 6.45) is 4.01. The standard InChI is InChI=1S/C13H21BrN2S/c1-2-10-3-4-16-12(5-10)7-15-8-13-6-11(14)9-17-13/h6,9-10,12,15-16H,2-5,7-8H2,1H3. The fourth-order valence-electron chi connectivity index (χ4n) is 2.44. The molecule has 0 amide bonds. The van der Waals surface area contributed by atoms with Gasteiger partial charge in [0, 0.05) is 33.9 Å². The molecule has 0 bridgehead atoms. The number of hydrogen-bond donors (Lipinski definition) is 2. The van der Waals surface area contributed by atoms with Gasteiger partial charge >= 0.3 is 0 Å². The van der Waals surface area contributed by atoms with Gasteiger partial charge in [0.2, 0.25) is 0 Å². The van der Waals surface area contributed by atoms with Gasteiger partial charge in [0.15, 0.2) is 0 Å². The van der Waals surface area contributed by atoms with E-state index in [-0.39, 0.29) is 0 Å². The van der Waals surface area contributed by atoms with Crippen molar-refractivity contribution >= 4 is 27.3 Å². The lowest BCUT2D eigenvalue weighted by atomic mass is 9.90. The van der Waals surface area contributed by atoms with Crippen LogP contribution in [0, 0.1) is 5.92 Å². The lowest BCUT2D eigenvalue weighted by Gasteiger charge is -2.29. The van der Waals surface area contributed by atoms with Crippen molar-refractivity contribution in [2.24, 2.45) is 5.92 Å². The molecule has 0 radical (unpaired) electrons. The SMILES string of the molecule is CCC1CCNC(CNCc2cc(Br)cs2)C1. The van der Waals surface area contributed by atoms with Crippen LogP contribution in [0.4, 0.5) is 0 Å². The van der Waals surface area contributed by atoms with E-state index >= 15 is 0 Å². The second-order valence-electron chi connectivity index (χ2n) is 4.81. The number of piperidine rings is 1. The number of nitrogens with one attached hydrogen (secondary N) is 2. The van der Waals surface area contributed by atoms with Crippen LogP contribution < -0.4 is 10.6 Å².